The number of hydrogen-bond donors (Lipinski definition) is 2. The topological polar surface area (TPSA) is 116 Å². The van der Waals surface area contributed by atoms with E-state index in [1.807, 2.05) is 0 Å². The van der Waals surface area contributed by atoms with Crippen molar-refractivity contribution < 1.29 is 18.4 Å². The maximum absolute atomic E-state index is 12.3. The predicted octanol–water partition coefficient (Wildman–Crippen LogP) is 2.42. The first kappa shape index (κ1) is 22.9. The number of anilines is 1. The fourth-order valence-electron chi connectivity index (χ4n) is 4.40. The highest BCUT2D eigenvalue weighted by atomic mass is 32.2. The minimum atomic E-state index is -3.74. The van der Waals surface area contributed by atoms with Gasteiger partial charge in [-0.3, -0.25) is 10.1 Å². The average Bonchev–Trinajstić information content (AvgIpc) is 2.69. The molecule has 9 nitrogen and oxygen atoms in total. The molecule has 0 atom stereocenters. The van der Waals surface area contributed by atoms with Crippen LogP contribution in [0.3, 0.4) is 0 Å². The fourth-order valence-corrected chi connectivity index (χ4v) is 5.32. The highest BCUT2D eigenvalue weighted by Gasteiger charge is 2.33. The highest BCUT2D eigenvalue weighted by Crippen LogP contribution is 2.32. The summed E-state index contributed by atoms with van der Waals surface area (Å²) in [4.78, 5) is 13.2. The van der Waals surface area contributed by atoms with Crippen LogP contribution in [0.4, 0.5) is 11.4 Å². The molecule has 2 fully saturated rings. The fraction of sp³-hybridized carbons (Fsp3) is 0.700. The monoisotopic (exact) mass is 440 g/mol. The van der Waals surface area contributed by atoms with Crippen LogP contribution < -0.4 is 5.32 Å². The zero-order valence-electron chi connectivity index (χ0n) is 17.7. The van der Waals surface area contributed by atoms with Crippen molar-refractivity contribution in [3.05, 3.63) is 28.3 Å². The van der Waals surface area contributed by atoms with E-state index in [1.54, 1.807) is 0 Å². The minimum absolute atomic E-state index is 0.0669. The van der Waals surface area contributed by atoms with Crippen LogP contribution in [0, 0.1) is 10.1 Å². The zero-order valence-corrected chi connectivity index (χ0v) is 18.5. The van der Waals surface area contributed by atoms with E-state index in [0.29, 0.717) is 12.2 Å². The van der Waals surface area contributed by atoms with Crippen molar-refractivity contribution >= 4 is 21.4 Å². The number of nitro groups is 1. The van der Waals surface area contributed by atoms with E-state index in [9.17, 15) is 23.6 Å². The maximum Gasteiger partial charge on any atom is 0.293 e. The molecule has 10 heteroatoms. The number of aliphatic hydroxyl groups is 1. The summed E-state index contributed by atoms with van der Waals surface area (Å²) < 4.78 is 25.6. The van der Waals surface area contributed by atoms with Gasteiger partial charge in [0.1, 0.15) is 5.69 Å². The molecule has 2 aliphatic rings. The summed E-state index contributed by atoms with van der Waals surface area (Å²) in [5.41, 5.74) is -0.482. The molecule has 3 rings (SSSR count). The second-order valence-electron chi connectivity index (χ2n) is 8.70. The van der Waals surface area contributed by atoms with Gasteiger partial charge in [-0.2, -0.15) is 0 Å². The number of benzene rings is 1. The smallest absolute Gasteiger partial charge is 0.293 e. The SMILES string of the molecule is CN(C)S(=O)(=O)c1ccc(NC2CCN(CC3(O)CCCCC3)CC2)c([N+](=O)[O-])c1. The lowest BCUT2D eigenvalue weighted by atomic mass is 9.84. The van der Waals surface area contributed by atoms with Crippen molar-refractivity contribution in [3.63, 3.8) is 0 Å². The van der Waals surface area contributed by atoms with Crippen LogP contribution in [-0.4, -0.2) is 73.0 Å². The van der Waals surface area contributed by atoms with E-state index in [2.05, 4.69) is 10.2 Å². The van der Waals surface area contributed by atoms with E-state index in [4.69, 9.17) is 0 Å². The van der Waals surface area contributed by atoms with Crippen molar-refractivity contribution in [3.8, 4) is 0 Å². The van der Waals surface area contributed by atoms with Crippen molar-refractivity contribution in [1.82, 2.24) is 9.21 Å². The zero-order chi connectivity index (χ0) is 21.9. The number of β-amino-alcohol motifs (C(OH)–C–C–N with tert-alkyl or cyclic N) is 1. The summed E-state index contributed by atoms with van der Waals surface area (Å²) in [5, 5.41) is 25.5. The molecule has 2 N–H and O–H groups in total. The summed E-state index contributed by atoms with van der Waals surface area (Å²) >= 11 is 0. The number of hydrogen-bond acceptors (Lipinski definition) is 7. The predicted molar refractivity (Wildman–Crippen MR) is 115 cm³/mol. The van der Waals surface area contributed by atoms with Gasteiger partial charge in [-0.15, -0.1) is 0 Å². The Morgan fingerprint density at radius 3 is 2.43 bits per heavy atom. The molecule has 1 aromatic rings. The standard InChI is InChI=1S/C20H32N4O5S/c1-22(2)30(28,29)17-6-7-18(19(14-17)24(26)27)21-16-8-12-23(13-9-16)15-20(25)10-4-3-5-11-20/h6-7,14,16,21,25H,3-5,8-13,15H2,1-2H3. The lowest BCUT2D eigenvalue weighted by molar-refractivity contribution is -0.384. The molecule has 0 unspecified atom stereocenters. The summed E-state index contributed by atoms with van der Waals surface area (Å²) in [6.07, 6.45) is 6.70. The average molecular weight is 441 g/mol. The summed E-state index contributed by atoms with van der Waals surface area (Å²) in [6.45, 7) is 2.33. The van der Waals surface area contributed by atoms with Crippen molar-refractivity contribution in [2.24, 2.45) is 0 Å². The molecule has 1 heterocycles. The van der Waals surface area contributed by atoms with Gasteiger partial charge in [0.15, 0.2) is 0 Å². The molecule has 1 aliphatic carbocycles. The van der Waals surface area contributed by atoms with E-state index in [-0.39, 0.29) is 16.6 Å². The highest BCUT2D eigenvalue weighted by molar-refractivity contribution is 7.89. The van der Waals surface area contributed by atoms with Gasteiger partial charge >= 0.3 is 0 Å². The summed E-state index contributed by atoms with van der Waals surface area (Å²) in [5.74, 6) is 0. The Kier molecular flexibility index (Phi) is 7.01. The molecule has 1 saturated heterocycles. The molecule has 1 aliphatic heterocycles. The van der Waals surface area contributed by atoms with Gasteiger partial charge in [0, 0.05) is 45.8 Å². The molecule has 0 aromatic heterocycles. The number of nitro benzene ring substituents is 1. The normalized spacial score (nSPS) is 20.9. The summed E-state index contributed by atoms with van der Waals surface area (Å²) in [6, 6.07) is 4.06. The second-order valence-corrected chi connectivity index (χ2v) is 10.9. The Bertz CT molecular complexity index is 860. The first-order valence-electron chi connectivity index (χ1n) is 10.5. The number of sulfonamides is 1. The number of rotatable bonds is 7. The first-order valence-corrected chi connectivity index (χ1v) is 12.0. The lowest BCUT2D eigenvalue weighted by Gasteiger charge is -2.40. The Hall–Kier alpha value is -1.75. The lowest BCUT2D eigenvalue weighted by Crippen LogP contribution is -2.48. The van der Waals surface area contributed by atoms with Crippen LogP contribution in [0.2, 0.25) is 0 Å². The third kappa shape index (κ3) is 5.29. The second kappa shape index (κ2) is 9.17. The van der Waals surface area contributed by atoms with Gasteiger partial charge in [0.05, 0.1) is 15.4 Å². The Morgan fingerprint density at radius 1 is 1.23 bits per heavy atom. The first-order chi connectivity index (χ1) is 14.1. The molecule has 0 spiro atoms. The number of piperidine rings is 1. The van der Waals surface area contributed by atoms with Crippen LogP contribution in [0.1, 0.15) is 44.9 Å². The van der Waals surface area contributed by atoms with E-state index >= 15 is 0 Å². The van der Waals surface area contributed by atoms with E-state index in [1.165, 1.54) is 32.6 Å². The Labute approximate surface area is 178 Å². The summed E-state index contributed by atoms with van der Waals surface area (Å²) in [7, 11) is -0.952. The number of nitrogens with zero attached hydrogens (tertiary/aromatic N) is 3. The van der Waals surface area contributed by atoms with Gasteiger partial charge < -0.3 is 15.3 Å². The van der Waals surface area contributed by atoms with Gasteiger partial charge in [0.2, 0.25) is 10.0 Å². The minimum Gasteiger partial charge on any atom is -0.389 e. The van der Waals surface area contributed by atoms with E-state index in [0.717, 1.165) is 62.0 Å². The molecule has 0 amide bonds. The van der Waals surface area contributed by atoms with Gasteiger partial charge in [-0.05, 0) is 37.8 Å². The number of nitrogens with one attached hydrogen (secondary N) is 1. The van der Waals surface area contributed by atoms with Gasteiger partial charge in [0.25, 0.3) is 5.69 Å². The molecular formula is C20H32N4O5S. The van der Waals surface area contributed by atoms with Crippen molar-refractivity contribution in [2.45, 2.75) is 61.5 Å². The van der Waals surface area contributed by atoms with Crippen LogP contribution in [0.25, 0.3) is 0 Å². The van der Waals surface area contributed by atoms with Crippen LogP contribution in [0.15, 0.2) is 23.1 Å². The molecular weight excluding hydrogens is 408 g/mol. The quantitative estimate of drug-likeness (QED) is 0.494. The van der Waals surface area contributed by atoms with Crippen LogP contribution in [0.5, 0.6) is 0 Å². The molecule has 0 radical (unpaired) electrons. The van der Waals surface area contributed by atoms with Crippen molar-refractivity contribution in [1.29, 1.82) is 0 Å². The Morgan fingerprint density at radius 2 is 1.87 bits per heavy atom. The van der Waals surface area contributed by atoms with Crippen molar-refractivity contribution in [2.75, 3.05) is 39.0 Å². The van der Waals surface area contributed by atoms with Crippen LogP contribution in [-0.2, 0) is 10.0 Å². The van der Waals surface area contributed by atoms with Crippen LogP contribution >= 0.6 is 0 Å². The number of likely N-dealkylation sites (tertiary alicyclic amines) is 1. The molecule has 30 heavy (non-hydrogen) atoms. The van der Waals surface area contributed by atoms with Gasteiger partial charge in [-0.25, -0.2) is 12.7 Å². The Balaban J connectivity index is 1.63. The maximum atomic E-state index is 12.3. The molecule has 168 valence electrons. The van der Waals surface area contributed by atoms with Gasteiger partial charge in [-0.1, -0.05) is 19.3 Å². The molecule has 1 aromatic carbocycles. The molecule has 0 bridgehead atoms. The molecule has 1 saturated carbocycles. The third-order valence-electron chi connectivity index (χ3n) is 6.19. The largest absolute Gasteiger partial charge is 0.389 e. The van der Waals surface area contributed by atoms with E-state index < -0.39 is 20.5 Å². The third-order valence-corrected chi connectivity index (χ3v) is 8.00.